The number of rotatable bonds is 8. The molecule has 0 spiro atoms. The van der Waals surface area contributed by atoms with Crippen LogP contribution in [-0.4, -0.2) is 0 Å². The van der Waals surface area contributed by atoms with Crippen LogP contribution in [0.15, 0.2) is 194 Å². The molecule has 8 aromatic carbocycles. The molecule has 56 heavy (non-hydrogen) atoms. The number of hydrogen-bond acceptors (Lipinski definition) is 2. The third-order valence-corrected chi connectivity index (χ3v) is 11.9. The Hall–Kier alpha value is -6.38. The van der Waals surface area contributed by atoms with Gasteiger partial charge in [-0.2, -0.15) is 0 Å². The normalized spacial score (nSPS) is 14.2. The van der Waals surface area contributed by atoms with Gasteiger partial charge >= 0.3 is 0 Å². The molecule has 274 valence electrons. The fourth-order valence-corrected chi connectivity index (χ4v) is 8.76. The lowest BCUT2D eigenvalue weighted by atomic mass is 9.62. The molecule has 2 nitrogen and oxygen atoms in total. The minimum atomic E-state index is 0.0452. The third-order valence-electron chi connectivity index (χ3n) is 11.9. The molecule has 2 heteroatoms. The van der Waals surface area contributed by atoms with Crippen molar-refractivity contribution in [2.45, 2.75) is 51.4 Å². The number of hydrogen-bond donors (Lipinski definition) is 0. The second kappa shape index (κ2) is 14.4. The largest absolute Gasteiger partial charge is 0.311 e. The Balaban J connectivity index is 1.09. The Morgan fingerprint density at radius 2 is 0.768 bits per heavy atom. The molecule has 0 N–H and O–H groups in total. The van der Waals surface area contributed by atoms with Gasteiger partial charge in [-0.1, -0.05) is 161 Å². The zero-order chi connectivity index (χ0) is 38.3. The van der Waals surface area contributed by atoms with Crippen LogP contribution in [-0.2, 0) is 10.8 Å². The summed E-state index contributed by atoms with van der Waals surface area (Å²) in [6.07, 6.45) is 2.34. The van der Waals surface area contributed by atoms with E-state index in [2.05, 4.69) is 232 Å². The number of para-hydroxylation sites is 1. The molecule has 0 saturated carbocycles. The van der Waals surface area contributed by atoms with Crippen LogP contribution in [0.4, 0.5) is 34.1 Å². The number of fused-ring (bicyclic) bond motifs is 2. The van der Waals surface area contributed by atoms with Crippen molar-refractivity contribution in [2.24, 2.45) is 0 Å². The third kappa shape index (κ3) is 6.56. The zero-order valence-corrected chi connectivity index (χ0v) is 32.8. The van der Waals surface area contributed by atoms with E-state index in [9.17, 15) is 0 Å². The van der Waals surface area contributed by atoms with Gasteiger partial charge in [0.05, 0.1) is 11.4 Å². The maximum atomic E-state index is 2.51. The number of nitrogens with zero attached hydrogens (tertiary/aromatic N) is 2. The summed E-state index contributed by atoms with van der Waals surface area (Å²) in [7, 11) is 0. The van der Waals surface area contributed by atoms with E-state index in [1.165, 1.54) is 61.9 Å². The molecule has 0 bridgehead atoms. The van der Waals surface area contributed by atoms with Crippen LogP contribution >= 0.6 is 0 Å². The van der Waals surface area contributed by atoms with Crippen LogP contribution in [0.3, 0.4) is 0 Å². The fourth-order valence-electron chi connectivity index (χ4n) is 8.76. The van der Waals surface area contributed by atoms with Gasteiger partial charge < -0.3 is 9.80 Å². The lowest BCUT2D eigenvalue weighted by molar-refractivity contribution is 0.332. The van der Waals surface area contributed by atoms with E-state index >= 15 is 0 Å². The van der Waals surface area contributed by atoms with Crippen molar-refractivity contribution in [2.75, 3.05) is 9.80 Å². The van der Waals surface area contributed by atoms with Gasteiger partial charge in [0.2, 0.25) is 0 Å². The Morgan fingerprint density at radius 3 is 1.38 bits per heavy atom. The molecule has 0 atom stereocenters. The molecule has 0 unspecified atom stereocenters. The molecule has 0 aliphatic heterocycles. The van der Waals surface area contributed by atoms with Gasteiger partial charge in [0.1, 0.15) is 0 Å². The van der Waals surface area contributed by atoms with Gasteiger partial charge in [0.25, 0.3) is 0 Å². The molecule has 1 aliphatic carbocycles. The molecular formula is C54H48N2. The molecular weight excluding hydrogens is 677 g/mol. The van der Waals surface area contributed by atoms with Gasteiger partial charge in [-0.05, 0) is 123 Å². The predicted molar refractivity (Wildman–Crippen MR) is 239 cm³/mol. The van der Waals surface area contributed by atoms with Crippen molar-refractivity contribution in [1.82, 2.24) is 0 Å². The summed E-state index contributed by atoms with van der Waals surface area (Å²) in [5.41, 5.74) is 14.9. The zero-order valence-electron chi connectivity index (χ0n) is 32.8. The van der Waals surface area contributed by atoms with Crippen LogP contribution in [0, 0.1) is 0 Å². The highest BCUT2D eigenvalue weighted by atomic mass is 15.2. The van der Waals surface area contributed by atoms with Gasteiger partial charge in [-0.15, -0.1) is 0 Å². The van der Waals surface area contributed by atoms with E-state index in [0.29, 0.717) is 0 Å². The summed E-state index contributed by atoms with van der Waals surface area (Å²) >= 11 is 0. The standard InChI is InChI=1S/C54H48N2/c1-53(2)37-38-54(3,4)52-49(53)22-14-24-51(52)56(50-23-13-18-43-17-11-12-21-48(43)50)47-35-29-42(30-36-47)41-27-33-46(34-28-41)55(44-19-9-6-10-20-44)45-31-25-40(26-32-45)39-15-7-5-8-16-39/h5-36H,37-38H2,1-4H3. The molecule has 0 saturated heterocycles. The maximum absolute atomic E-state index is 2.51. The lowest BCUT2D eigenvalue weighted by Crippen LogP contribution is -2.35. The molecule has 0 amide bonds. The Bertz CT molecular complexity index is 2600. The van der Waals surface area contributed by atoms with Gasteiger partial charge in [-0.25, -0.2) is 0 Å². The second-order valence-corrected chi connectivity index (χ2v) is 16.5. The van der Waals surface area contributed by atoms with Crippen molar-refractivity contribution in [3.63, 3.8) is 0 Å². The Morgan fingerprint density at radius 1 is 0.339 bits per heavy atom. The quantitative estimate of drug-likeness (QED) is 0.154. The van der Waals surface area contributed by atoms with Crippen LogP contribution in [0.1, 0.15) is 51.7 Å². The lowest BCUT2D eigenvalue weighted by Gasteiger charge is -2.44. The fraction of sp³-hybridized carbons (Fsp3) is 0.148. The average Bonchev–Trinajstić information content (AvgIpc) is 3.24. The van der Waals surface area contributed by atoms with E-state index in [1.807, 2.05) is 0 Å². The summed E-state index contributed by atoms with van der Waals surface area (Å²) in [4.78, 5) is 4.84. The average molecular weight is 725 g/mol. The van der Waals surface area contributed by atoms with Crippen LogP contribution in [0.5, 0.6) is 0 Å². The summed E-state index contributed by atoms with van der Waals surface area (Å²) in [6.45, 7) is 9.68. The van der Waals surface area contributed by atoms with E-state index in [4.69, 9.17) is 0 Å². The number of benzene rings is 8. The van der Waals surface area contributed by atoms with Gasteiger partial charge in [-0.3, -0.25) is 0 Å². The van der Waals surface area contributed by atoms with Crippen LogP contribution < -0.4 is 9.80 Å². The smallest absolute Gasteiger partial charge is 0.0540 e. The first-order valence-corrected chi connectivity index (χ1v) is 19.9. The topological polar surface area (TPSA) is 6.48 Å². The summed E-state index contributed by atoms with van der Waals surface area (Å²) in [5, 5.41) is 2.49. The highest BCUT2D eigenvalue weighted by Crippen LogP contribution is 2.52. The van der Waals surface area contributed by atoms with Gasteiger partial charge in [0.15, 0.2) is 0 Å². The monoisotopic (exact) mass is 724 g/mol. The number of anilines is 6. The van der Waals surface area contributed by atoms with Crippen molar-refractivity contribution in [3.8, 4) is 22.3 Å². The molecule has 0 fully saturated rings. The van der Waals surface area contributed by atoms with Crippen molar-refractivity contribution in [3.05, 3.63) is 205 Å². The minimum absolute atomic E-state index is 0.0452. The minimum Gasteiger partial charge on any atom is -0.311 e. The van der Waals surface area contributed by atoms with Crippen LogP contribution in [0.25, 0.3) is 33.0 Å². The molecule has 8 aromatic rings. The summed E-state index contributed by atoms with van der Waals surface area (Å²) < 4.78 is 0. The Labute approximate surface area is 332 Å². The van der Waals surface area contributed by atoms with Crippen molar-refractivity contribution < 1.29 is 0 Å². The van der Waals surface area contributed by atoms with Crippen molar-refractivity contribution in [1.29, 1.82) is 0 Å². The highest BCUT2D eigenvalue weighted by Gasteiger charge is 2.40. The first kappa shape index (κ1) is 35.3. The predicted octanol–water partition coefficient (Wildman–Crippen LogP) is 15.5. The SMILES string of the molecule is CC1(C)CCC(C)(C)c2c(N(c3ccc(-c4ccc(N(c5ccccc5)c5ccc(-c6ccccc6)cc5)cc4)cc3)c3cccc4ccccc34)cccc21. The molecule has 1 aliphatic rings. The molecule has 0 aromatic heterocycles. The van der Waals surface area contributed by atoms with E-state index in [0.717, 1.165) is 29.2 Å². The molecule has 0 radical (unpaired) electrons. The Kier molecular flexibility index (Phi) is 9.06. The first-order valence-electron chi connectivity index (χ1n) is 19.9. The van der Waals surface area contributed by atoms with E-state index in [1.54, 1.807) is 0 Å². The van der Waals surface area contributed by atoms with E-state index < -0.39 is 0 Å². The first-order chi connectivity index (χ1) is 27.3. The molecule has 9 rings (SSSR count). The maximum Gasteiger partial charge on any atom is 0.0540 e. The summed E-state index contributed by atoms with van der Waals surface area (Å²) in [5.74, 6) is 0. The summed E-state index contributed by atoms with van der Waals surface area (Å²) in [6, 6.07) is 70.6. The van der Waals surface area contributed by atoms with Gasteiger partial charge in [0, 0.05) is 28.1 Å². The second-order valence-electron chi connectivity index (χ2n) is 16.5. The highest BCUT2D eigenvalue weighted by molar-refractivity contribution is 5.99. The van der Waals surface area contributed by atoms with Crippen LogP contribution in [0.2, 0.25) is 0 Å². The molecule has 0 heterocycles. The van der Waals surface area contributed by atoms with E-state index in [-0.39, 0.29) is 10.8 Å². The van der Waals surface area contributed by atoms with Crippen molar-refractivity contribution >= 4 is 44.9 Å².